The number of aryl methyl sites for hydroxylation is 1. The van der Waals surface area contributed by atoms with Crippen molar-refractivity contribution in [2.45, 2.75) is 6.92 Å². The fraction of sp³-hybridized carbons (Fsp3) is 0.261. The van der Waals surface area contributed by atoms with Crippen molar-refractivity contribution in [3.05, 3.63) is 70.4 Å². The van der Waals surface area contributed by atoms with Crippen molar-refractivity contribution in [3.63, 3.8) is 0 Å². The van der Waals surface area contributed by atoms with Crippen molar-refractivity contribution in [3.8, 4) is 11.3 Å². The summed E-state index contributed by atoms with van der Waals surface area (Å²) in [6, 6.07) is 7.96. The van der Waals surface area contributed by atoms with Gasteiger partial charge in [0.1, 0.15) is 5.82 Å². The standard InChI is InChI=1S/C23H21F3N4O2S/c1-14-2-3-16(11-18(14)25)22(32)30-8-6-29(7-9-30)12-21(31)28-23-27-20(13-33-23)15-4-5-17(24)19(26)10-15/h2-5,10-11,13H,6-9,12H2,1H3,(H,27,28,31). The molecule has 0 unspecified atom stereocenters. The molecule has 2 amide bonds. The third-order valence-corrected chi connectivity index (χ3v) is 6.17. The van der Waals surface area contributed by atoms with Gasteiger partial charge in [-0.05, 0) is 42.8 Å². The van der Waals surface area contributed by atoms with Crippen LogP contribution in [0.25, 0.3) is 11.3 Å². The molecule has 1 N–H and O–H groups in total. The molecule has 33 heavy (non-hydrogen) atoms. The number of rotatable bonds is 5. The molecule has 10 heteroatoms. The van der Waals surface area contributed by atoms with E-state index in [0.29, 0.717) is 53.7 Å². The average Bonchev–Trinajstić information content (AvgIpc) is 3.26. The first-order valence-corrected chi connectivity index (χ1v) is 11.2. The van der Waals surface area contributed by atoms with Gasteiger partial charge < -0.3 is 10.2 Å². The van der Waals surface area contributed by atoms with Gasteiger partial charge in [0.2, 0.25) is 5.91 Å². The van der Waals surface area contributed by atoms with Gasteiger partial charge in [0.15, 0.2) is 16.8 Å². The summed E-state index contributed by atoms with van der Waals surface area (Å²) in [5.74, 6) is -2.80. The van der Waals surface area contributed by atoms with E-state index < -0.39 is 17.5 Å². The summed E-state index contributed by atoms with van der Waals surface area (Å²) in [6.07, 6.45) is 0. The third-order valence-electron chi connectivity index (χ3n) is 5.41. The maximum Gasteiger partial charge on any atom is 0.254 e. The van der Waals surface area contributed by atoms with Gasteiger partial charge in [-0.1, -0.05) is 6.07 Å². The number of amides is 2. The lowest BCUT2D eigenvalue weighted by Gasteiger charge is -2.34. The zero-order valence-corrected chi connectivity index (χ0v) is 18.6. The molecule has 0 bridgehead atoms. The smallest absolute Gasteiger partial charge is 0.254 e. The summed E-state index contributed by atoms with van der Waals surface area (Å²) < 4.78 is 40.3. The highest BCUT2D eigenvalue weighted by Gasteiger charge is 2.24. The number of halogens is 3. The van der Waals surface area contributed by atoms with E-state index in [-0.39, 0.29) is 18.4 Å². The summed E-state index contributed by atoms with van der Waals surface area (Å²) in [4.78, 5) is 32.8. The van der Waals surface area contributed by atoms with Gasteiger partial charge in [0, 0.05) is 42.7 Å². The lowest BCUT2D eigenvalue weighted by Crippen LogP contribution is -2.50. The predicted molar refractivity (Wildman–Crippen MR) is 120 cm³/mol. The summed E-state index contributed by atoms with van der Waals surface area (Å²) in [7, 11) is 0. The molecule has 0 spiro atoms. The summed E-state index contributed by atoms with van der Waals surface area (Å²) in [6.45, 7) is 3.64. The fourth-order valence-corrected chi connectivity index (χ4v) is 4.23. The van der Waals surface area contributed by atoms with E-state index in [4.69, 9.17) is 0 Å². The summed E-state index contributed by atoms with van der Waals surface area (Å²) >= 11 is 1.19. The molecule has 6 nitrogen and oxygen atoms in total. The first kappa shape index (κ1) is 22.9. The lowest BCUT2D eigenvalue weighted by molar-refractivity contribution is -0.117. The molecule has 1 aliphatic rings. The number of anilines is 1. The summed E-state index contributed by atoms with van der Waals surface area (Å²) in [5.41, 5.74) is 1.65. The Bertz CT molecular complexity index is 1190. The molecule has 0 saturated carbocycles. The Balaban J connectivity index is 1.28. The van der Waals surface area contributed by atoms with Crippen molar-refractivity contribution in [2.75, 3.05) is 38.0 Å². The molecule has 1 aromatic heterocycles. The van der Waals surface area contributed by atoms with Crippen LogP contribution in [0.5, 0.6) is 0 Å². The maximum atomic E-state index is 13.8. The number of aromatic nitrogens is 1. The van der Waals surface area contributed by atoms with Gasteiger partial charge >= 0.3 is 0 Å². The number of piperazine rings is 1. The fourth-order valence-electron chi connectivity index (χ4n) is 3.50. The highest BCUT2D eigenvalue weighted by molar-refractivity contribution is 7.14. The van der Waals surface area contributed by atoms with Crippen LogP contribution in [0.3, 0.4) is 0 Å². The number of hydrogen-bond donors (Lipinski definition) is 1. The number of thiazole rings is 1. The van der Waals surface area contributed by atoms with Gasteiger partial charge in [-0.3, -0.25) is 14.5 Å². The van der Waals surface area contributed by atoms with Crippen molar-refractivity contribution < 1.29 is 22.8 Å². The topological polar surface area (TPSA) is 65.5 Å². The zero-order chi connectivity index (χ0) is 23.5. The number of hydrogen-bond acceptors (Lipinski definition) is 5. The van der Waals surface area contributed by atoms with Crippen LogP contribution in [0.4, 0.5) is 18.3 Å². The van der Waals surface area contributed by atoms with E-state index in [1.807, 2.05) is 4.90 Å². The van der Waals surface area contributed by atoms with Crippen LogP contribution in [-0.4, -0.2) is 59.3 Å². The minimum Gasteiger partial charge on any atom is -0.336 e. The summed E-state index contributed by atoms with van der Waals surface area (Å²) in [5, 5.41) is 4.72. The molecule has 2 heterocycles. The number of nitrogens with zero attached hydrogens (tertiary/aromatic N) is 3. The minimum atomic E-state index is -0.962. The van der Waals surface area contributed by atoms with Gasteiger partial charge in [-0.15, -0.1) is 11.3 Å². The highest BCUT2D eigenvalue weighted by Crippen LogP contribution is 2.26. The first-order valence-electron chi connectivity index (χ1n) is 10.3. The Morgan fingerprint density at radius 3 is 2.45 bits per heavy atom. The van der Waals surface area contributed by atoms with Crippen LogP contribution in [0, 0.1) is 24.4 Å². The monoisotopic (exact) mass is 474 g/mol. The van der Waals surface area contributed by atoms with Crippen molar-refractivity contribution in [1.82, 2.24) is 14.8 Å². The Morgan fingerprint density at radius 1 is 1.00 bits per heavy atom. The van der Waals surface area contributed by atoms with E-state index in [1.54, 1.807) is 29.3 Å². The van der Waals surface area contributed by atoms with Crippen LogP contribution in [0.2, 0.25) is 0 Å². The quantitative estimate of drug-likeness (QED) is 0.609. The SMILES string of the molecule is Cc1ccc(C(=O)N2CCN(CC(=O)Nc3nc(-c4ccc(F)c(F)c4)cs3)CC2)cc1F. The van der Waals surface area contributed by atoms with Crippen molar-refractivity contribution in [1.29, 1.82) is 0 Å². The Hall–Kier alpha value is -3.24. The molecule has 1 saturated heterocycles. The van der Waals surface area contributed by atoms with Crippen molar-refractivity contribution >= 4 is 28.3 Å². The largest absolute Gasteiger partial charge is 0.336 e. The first-order chi connectivity index (χ1) is 15.8. The molecular formula is C23H21F3N4O2S. The second-order valence-corrected chi connectivity index (χ2v) is 8.61. The third kappa shape index (κ3) is 5.40. The Kier molecular flexibility index (Phi) is 6.75. The van der Waals surface area contributed by atoms with E-state index >= 15 is 0 Å². The van der Waals surface area contributed by atoms with Crippen LogP contribution < -0.4 is 5.32 Å². The average molecular weight is 475 g/mol. The minimum absolute atomic E-state index is 0.126. The molecule has 0 aliphatic carbocycles. The molecular weight excluding hydrogens is 453 g/mol. The zero-order valence-electron chi connectivity index (χ0n) is 17.8. The van der Waals surface area contributed by atoms with Crippen LogP contribution in [-0.2, 0) is 4.79 Å². The molecule has 1 fully saturated rings. The van der Waals surface area contributed by atoms with E-state index in [9.17, 15) is 22.8 Å². The molecule has 0 atom stereocenters. The van der Waals surface area contributed by atoms with Gasteiger partial charge in [0.25, 0.3) is 5.91 Å². The van der Waals surface area contributed by atoms with E-state index in [0.717, 1.165) is 12.1 Å². The number of nitrogens with one attached hydrogen (secondary N) is 1. The molecule has 0 radical (unpaired) electrons. The second-order valence-electron chi connectivity index (χ2n) is 7.75. The van der Waals surface area contributed by atoms with Crippen LogP contribution in [0.15, 0.2) is 41.8 Å². The Morgan fingerprint density at radius 2 is 1.76 bits per heavy atom. The molecule has 172 valence electrons. The second kappa shape index (κ2) is 9.72. The molecule has 1 aliphatic heterocycles. The van der Waals surface area contributed by atoms with Gasteiger partial charge in [-0.2, -0.15) is 0 Å². The Labute approximate surface area is 192 Å². The number of benzene rings is 2. The lowest BCUT2D eigenvalue weighted by atomic mass is 10.1. The van der Waals surface area contributed by atoms with Crippen LogP contribution in [0.1, 0.15) is 15.9 Å². The predicted octanol–water partition coefficient (Wildman–Crippen LogP) is 3.93. The maximum absolute atomic E-state index is 13.8. The molecule has 4 rings (SSSR count). The van der Waals surface area contributed by atoms with Gasteiger partial charge in [-0.25, -0.2) is 18.2 Å². The van der Waals surface area contributed by atoms with Crippen LogP contribution >= 0.6 is 11.3 Å². The highest BCUT2D eigenvalue weighted by atomic mass is 32.1. The van der Waals surface area contributed by atoms with Gasteiger partial charge in [0.05, 0.1) is 12.2 Å². The van der Waals surface area contributed by atoms with E-state index in [1.165, 1.54) is 23.5 Å². The normalized spacial score (nSPS) is 14.4. The van der Waals surface area contributed by atoms with E-state index in [2.05, 4.69) is 10.3 Å². The molecule has 2 aromatic carbocycles. The number of carbonyl (C=O) groups is 2. The number of carbonyl (C=O) groups excluding carboxylic acids is 2. The molecule has 3 aromatic rings. The van der Waals surface area contributed by atoms with Crippen molar-refractivity contribution in [2.24, 2.45) is 0 Å².